The van der Waals surface area contributed by atoms with Crippen molar-refractivity contribution in [3.05, 3.63) is 22.3 Å². The average Bonchev–Trinajstić information content (AvgIpc) is 2.73. The van der Waals surface area contributed by atoms with E-state index >= 15 is 0 Å². The van der Waals surface area contributed by atoms with E-state index in [1.165, 1.54) is 12.8 Å². The molecule has 4 heteroatoms. The van der Waals surface area contributed by atoms with Crippen LogP contribution in [-0.4, -0.2) is 16.2 Å². The van der Waals surface area contributed by atoms with E-state index in [1.807, 2.05) is 6.07 Å². The van der Waals surface area contributed by atoms with Gasteiger partial charge in [-0.15, -0.1) is 0 Å². The van der Waals surface area contributed by atoms with Gasteiger partial charge in [-0.3, -0.25) is 0 Å². The van der Waals surface area contributed by atoms with Gasteiger partial charge >= 0.3 is 0 Å². The maximum absolute atomic E-state index is 9.18. The molecule has 0 amide bonds. The summed E-state index contributed by atoms with van der Waals surface area (Å²) in [4.78, 5) is 4.18. The first-order valence-electron chi connectivity index (χ1n) is 5.21. The highest BCUT2D eigenvalue weighted by Gasteiger charge is 2.18. The van der Waals surface area contributed by atoms with Crippen molar-refractivity contribution in [3.8, 4) is 5.88 Å². The van der Waals surface area contributed by atoms with Crippen molar-refractivity contribution < 1.29 is 9.84 Å². The summed E-state index contributed by atoms with van der Waals surface area (Å²) >= 11 is 3.32. The van der Waals surface area contributed by atoms with Gasteiger partial charge in [0, 0.05) is 16.2 Å². The average molecular weight is 272 g/mol. The molecule has 1 aliphatic rings. The van der Waals surface area contributed by atoms with E-state index in [2.05, 4.69) is 20.9 Å². The van der Waals surface area contributed by atoms with Crippen LogP contribution in [-0.2, 0) is 6.61 Å². The summed E-state index contributed by atoms with van der Waals surface area (Å²) in [5, 5.41) is 9.18. The van der Waals surface area contributed by atoms with Crippen molar-refractivity contribution in [1.82, 2.24) is 4.98 Å². The van der Waals surface area contributed by atoms with Crippen LogP contribution in [0.3, 0.4) is 0 Å². The minimum atomic E-state index is -0.0332. The summed E-state index contributed by atoms with van der Waals surface area (Å²) in [5.41, 5.74) is 0.747. The molecular weight excluding hydrogens is 258 g/mol. The maximum Gasteiger partial charge on any atom is 0.219 e. The molecule has 1 aliphatic carbocycles. The fraction of sp³-hybridized carbons (Fsp3) is 0.545. The highest BCUT2D eigenvalue weighted by atomic mass is 79.9. The third kappa shape index (κ3) is 2.69. The molecule has 1 aromatic rings. The predicted octanol–water partition coefficient (Wildman–Crippen LogP) is 2.66. The number of rotatable bonds is 3. The zero-order valence-electron chi connectivity index (χ0n) is 8.45. The van der Waals surface area contributed by atoms with Crippen LogP contribution in [0.1, 0.15) is 31.2 Å². The first kappa shape index (κ1) is 10.9. The van der Waals surface area contributed by atoms with E-state index in [-0.39, 0.29) is 12.7 Å². The van der Waals surface area contributed by atoms with Crippen molar-refractivity contribution in [2.24, 2.45) is 0 Å². The van der Waals surface area contributed by atoms with E-state index in [0.29, 0.717) is 5.88 Å². The summed E-state index contributed by atoms with van der Waals surface area (Å²) in [7, 11) is 0. The Kier molecular flexibility index (Phi) is 3.59. The molecule has 0 unspecified atom stereocenters. The van der Waals surface area contributed by atoms with Gasteiger partial charge in [-0.1, -0.05) is 0 Å². The second kappa shape index (κ2) is 4.94. The highest BCUT2D eigenvalue weighted by Crippen LogP contribution is 2.26. The summed E-state index contributed by atoms with van der Waals surface area (Å²) in [6.45, 7) is -0.0332. The number of aromatic nitrogens is 1. The van der Waals surface area contributed by atoms with Crippen LogP contribution in [0.5, 0.6) is 5.88 Å². The number of hydrogen-bond acceptors (Lipinski definition) is 3. The third-order valence-corrected chi connectivity index (χ3v) is 3.08. The molecule has 0 spiro atoms. The fourth-order valence-corrected chi connectivity index (χ4v) is 2.23. The minimum absolute atomic E-state index is 0.0332. The minimum Gasteiger partial charge on any atom is -0.474 e. The molecule has 15 heavy (non-hydrogen) atoms. The molecule has 1 fully saturated rings. The zero-order chi connectivity index (χ0) is 10.7. The molecule has 0 bridgehead atoms. The lowest BCUT2D eigenvalue weighted by Crippen LogP contribution is -2.13. The van der Waals surface area contributed by atoms with Gasteiger partial charge in [0.2, 0.25) is 5.88 Å². The van der Waals surface area contributed by atoms with Gasteiger partial charge in [-0.05, 0) is 47.7 Å². The molecule has 0 aromatic carbocycles. The Labute approximate surface area is 97.6 Å². The number of pyridine rings is 1. The SMILES string of the molecule is OCc1cc(Br)cnc1OC1CCCC1. The van der Waals surface area contributed by atoms with Crippen LogP contribution in [0.25, 0.3) is 0 Å². The lowest BCUT2D eigenvalue weighted by atomic mass is 10.2. The van der Waals surface area contributed by atoms with Crippen LogP contribution >= 0.6 is 15.9 Å². The molecule has 0 radical (unpaired) electrons. The zero-order valence-corrected chi connectivity index (χ0v) is 10.0. The lowest BCUT2D eigenvalue weighted by Gasteiger charge is -2.14. The number of ether oxygens (including phenoxy) is 1. The Morgan fingerprint density at radius 2 is 2.20 bits per heavy atom. The Morgan fingerprint density at radius 1 is 1.47 bits per heavy atom. The Balaban J connectivity index is 2.12. The Morgan fingerprint density at radius 3 is 2.87 bits per heavy atom. The lowest BCUT2D eigenvalue weighted by molar-refractivity contribution is 0.191. The van der Waals surface area contributed by atoms with E-state index in [0.717, 1.165) is 22.9 Å². The summed E-state index contributed by atoms with van der Waals surface area (Å²) in [6, 6.07) is 1.84. The molecule has 0 saturated heterocycles. The molecule has 1 heterocycles. The van der Waals surface area contributed by atoms with Crippen molar-refractivity contribution in [2.45, 2.75) is 38.4 Å². The van der Waals surface area contributed by atoms with E-state index in [4.69, 9.17) is 4.74 Å². The normalized spacial score (nSPS) is 16.9. The van der Waals surface area contributed by atoms with Crippen molar-refractivity contribution in [2.75, 3.05) is 0 Å². The summed E-state index contributed by atoms with van der Waals surface area (Å²) < 4.78 is 6.63. The molecule has 82 valence electrons. The van der Waals surface area contributed by atoms with Crippen LogP contribution in [0.15, 0.2) is 16.7 Å². The Bertz CT molecular complexity index is 337. The fourth-order valence-electron chi connectivity index (χ4n) is 1.85. The molecule has 1 N–H and O–H groups in total. The first-order valence-corrected chi connectivity index (χ1v) is 6.01. The van der Waals surface area contributed by atoms with Crippen LogP contribution in [0.2, 0.25) is 0 Å². The van der Waals surface area contributed by atoms with Crippen LogP contribution in [0.4, 0.5) is 0 Å². The highest BCUT2D eigenvalue weighted by molar-refractivity contribution is 9.10. The Hall–Kier alpha value is -0.610. The quantitative estimate of drug-likeness (QED) is 0.919. The number of aliphatic hydroxyl groups is 1. The first-order chi connectivity index (χ1) is 7.29. The molecule has 1 aromatic heterocycles. The molecule has 1 saturated carbocycles. The maximum atomic E-state index is 9.18. The number of halogens is 1. The van der Waals surface area contributed by atoms with E-state index in [1.54, 1.807) is 6.20 Å². The summed E-state index contributed by atoms with van der Waals surface area (Å²) in [5.74, 6) is 0.576. The smallest absolute Gasteiger partial charge is 0.219 e. The van der Waals surface area contributed by atoms with Crippen molar-refractivity contribution >= 4 is 15.9 Å². The standard InChI is InChI=1S/C11H14BrNO2/c12-9-5-8(7-14)11(13-6-9)15-10-3-1-2-4-10/h5-6,10,14H,1-4,7H2. The van der Waals surface area contributed by atoms with Gasteiger partial charge in [-0.2, -0.15) is 0 Å². The second-order valence-electron chi connectivity index (χ2n) is 3.80. The van der Waals surface area contributed by atoms with Gasteiger partial charge in [0.25, 0.3) is 0 Å². The van der Waals surface area contributed by atoms with Crippen LogP contribution < -0.4 is 4.74 Å². The summed E-state index contributed by atoms with van der Waals surface area (Å²) in [6.07, 6.45) is 6.64. The molecular formula is C11H14BrNO2. The van der Waals surface area contributed by atoms with Gasteiger partial charge in [0.1, 0.15) is 6.10 Å². The molecule has 0 aliphatic heterocycles. The van der Waals surface area contributed by atoms with Crippen molar-refractivity contribution in [1.29, 1.82) is 0 Å². The van der Waals surface area contributed by atoms with Crippen molar-refractivity contribution in [3.63, 3.8) is 0 Å². The monoisotopic (exact) mass is 271 g/mol. The number of hydrogen-bond donors (Lipinski definition) is 1. The van der Waals surface area contributed by atoms with Crippen LogP contribution in [0, 0.1) is 0 Å². The number of nitrogens with zero attached hydrogens (tertiary/aromatic N) is 1. The second-order valence-corrected chi connectivity index (χ2v) is 4.72. The molecule has 2 rings (SSSR count). The molecule has 3 nitrogen and oxygen atoms in total. The van der Waals surface area contributed by atoms with Gasteiger partial charge in [0.05, 0.1) is 6.61 Å². The largest absolute Gasteiger partial charge is 0.474 e. The molecule has 0 atom stereocenters. The third-order valence-electron chi connectivity index (χ3n) is 2.64. The van der Waals surface area contributed by atoms with E-state index in [9.17, 15) is 5.11 Å². The van der Waals surface area contributed by atoms with Gasteiger partial charge in [0.15, 0.2) is 0 Å². The topological polar surface area (TPSA) is 42.4 Å². The predicted molar refractivity (Wildman–Crippen MR) is 60.7 cm³/mol. The van der Waals surface area contributed by atoms with Gasteiger partial charge < -0.3 is 9.84 Å². The number of aliphatic hydroxyl groups excluding tert-OH is 1. The van der Waals surface area contributed by atoms with Gasteiger partial charge in [-0.25, -0.2) is 4.98 Å². The van der Waals surface area contributed by atoms with E-state index < -0.39 is 0 Å².